The largest absolute Gasteiger partial charge is 0.382 e. The van der Waals surface area contributed by atoms with Gasteiger partial charge in [-0.1, -0.05) is 30.6 Å². The van der Waals surface area contributed by atoms with E-state index in [4.69, 9.17) is 5.73 Å². The van der Waals surface area contributed by atoms with Gasteiger partial charge in [-0.15, -0.1) is 0 Å². The van der Waals surface area contributed by atoms with Gasteiger partial charge >= 0.3 is 0 Å². The molecule has 0 aliphatic carbocycles. The van der Waals surface area contributed by atoms with Crippen molar-refractivity contribution in [2.75, 3.05) is 24.1 Å². The number of hydrogen-bond donors (Lipinski definition) is 2. The minimum atomic E-state index is -0.0921. The second-order valence-electron chi connectivity index (χ2n) is 6.67. The molecule has 1 aromatic heterocycles. The van der Waals surface area contributed by atoms with Crippen molar-refractivity contribution < 1.29 is 4.79 Å². The highest BCUT2D eigenvalue weighted by Gasteiger charge is 2.23. The topological polar surface area (TPSA) is 71.2 Å². The van der Waals surface area contributed by atoms with Crippen LogP contribution in [0.5, 0.6) is 0 Å². The van der Waals surface area contributed by atoms with Crippen molar-refractivity contribution in [2.24, 2.45) is 0 Å². The summed E-state index contributed by atoms with van der Waals surface area (Å²) in [4.78, 5) is 19.5. The Hall–Kier alpha value is -1.30. The van der Waals surface area contributed by atoms with E-state index < -0.39 is 0 Å². The predicted octanol–water partition coefficient (Wildman–Crippen LogP) is 3.34. The van der Waals surface area contributed by atoms with Gasteiger partial charge in [0.05, 0.1) is 0 Å². The number of carbonyl (C=O) groups is 1. The van der Waals surface area contributed by atoms with Gasteiger partial charge in [0.15, 0.2) is 5.13 Å². The summed E-state index contributed by atoms with van der Waals surface area (Å²) in [5.41, 5.74) is 5.86. The average molecular weight is 310 g/mol. The maximum absolute atomic E-state index is 12.7. The molecule has 118 valence electrons. The zero-order valence-corrected chi connectivity index (χ0v) is 14.1. The van der Waals surface area contributed by atoms with Gasteiger partial charge in [0.25, 0.3) is 5.91 Å². The van der Waals surface area contributed by atoms with Crippen molar-refractivity contribution in [3.05, 3.63) is 4.88 Å². The van der Waals surface area contributed by atoms with Crippen LogP contribution in [0.2, 0.25) is 0 Å². The molecule has 1 aliphatic heterocycles. The predicted molar refractivity (Wildman–Crippen MR) is 88.9 cm³/mol. The third-order valence-electron chi connectivity index (χ3n) is 3.47. The lowest BCUT2D eigenvalue weighted by Crippen LogP contribution is -2.33. The lowest BCUT2D eigenvalue weighted by Gasteiger charge is -2.24. The molecular weight excluding hydrogens is 284 g/mol. The molecular formula is C15H26N4OS. The Morgan fingerprint density at radius 3 is 2.33 bits per heavy atom. The quantitative estimate of drug-likeness (QED) is 0.879. The number of carbonyl (C=O) groups excluding carboxylic acids is 1. The summed E-state index contributed by atoms with van der Waals surface area (Å²) in [5.74, 6) is 0.382. The van der Waals surface area contributed by atoms with Crippen molar-refractivity contribution in [3.63, 3.8) is 0 Å². The van der Waals surface area contributed by atoms with E-state index in [1.807, 2.05) is 4.90 Å². The average Bonchev–Trinajstić information content (AvgIpc) is 2.66. The molecule has 0 aromatic carbocycles. The normalized spacial score (nSPS) is 17.2. The Kier molecular flexibility index (Phi) is 5.08. The van der Waals surface area contributed by atoms with E-state index in [2.05, 4.69) is 31.1 Å². The third-order valence-corrected chi connectivity index (χ3v) is 4.45. The van der Waals surface area contributed by atoms with E-state index in [9.17, 15) is 4.79 Å². The van der Waals surface area contributed by atoms with Crippen LogP contribution in [0.3, 0.4) is 0 Å². The summed E-state index contributed by atoms with van der Waals surface area (Å²) in [5, 5.41) is 4.00. The van der Waals surface area contributed by atoms with Crippen LogP contribution in [0.25, 0.3) is 0 Å². The molecule has 21 heavy (non-hydrogen) atoms. The second kappa shape index (κ2) is 6.64. The molecule has 0 spiro atoms. The molecule has 0 bridgehead atoms. The van der Waals surface area contributed by atoms with Gasteiger partial charge in [0, 0.05) is 18.6 Å². The Balaban J connectivity index is 2.10. The van der Waals surface area contributed by atoms with Crippen LogP contribution in [-0.2, 0) is 0 Å². The number of hydrogen-bond acceptors (Lipinski definition) is 5. The first-order valence-corrected chi connectivity index (χ1v) is 8.52. The maximum atomic E-state index is 12.7. The molecule has 3 N–H and O–H groups in total. The summed E-state index contributed by atoms with van der Waals surface area (Å²) >= 11 is 1.36. The number of amides is 1. The van der Waals surface area contributed by atoms with Gasteiger partial charge < -0.3 is 16.0 Å². The van der Waals surface area contributed by atoms with Crippen LogP contribution in [-0.4, -0.2) is 34.4 Å². The molecule has 1 aliphatic rings. The molecule has 1 fully saturated rings. The Bertz CT molecular complexity index is 484. The zero-order valence-electron chi connectivity index (χ0n) is 13.2. The van der Waals surface area contributed by atoms with Gasteiger partial charge in [-0.05, 0) is 33.6 Å². The maximum Gasteiger partial charge on any atom is 0.267 e. The van der Waals surface area contributed by atoms with Crippen LogP contribution in [0, 0.1) is 0 Å². The molecule has 1 aromatic rings. The molecule has 5 nitrogen and oxygen atoms in total. The minimum absolute atomic E-state index is 0.0360. The number of anilines is 2. The van der Waals surface area contributed by atoms with Crippen LogP contribution in [0.1, 0.15) is 62.5 Å². The Labute approximate surface area is 130 Å². The van der Waals surface area contributed by atoms with Crippen LogP contribution >= 0.6 is 11.3 Å². The number of rotatable bonds is 2. The lowest BCUT2D eigenvalue weighted by molar-refractivity contribution is 0.0748. The lowest BCUT2D eigenvalue weighted by atomic mass is 10.1. The van der Waals surface area contributed by atoms with Crippen LogP contribution in [0.15, 0.2) is 0 Å². The summed E-state index contributed by atoms with van der Waals surface area (Å²) in [7, 11) is 0. The summed E-state index contributed by atoms with van der Waals surface area (Å²) in [6, 6.07) is 0. The fraction of sp³-hybridized carbons (Fsp3) is 0.733. The molecule has 6 heteroatoms. The van der Waals surface area contributed by atoms with Gasteiger partial charge in [0.2, 0.25) is 0 Å². The van der Waals surface area contributed by atoms with E-state index >= 15 is 0 Å². The van der Waals surface area contributed by atoms with Crippen molar-refractivity contribution in [3.8, 4) is 0 Å². The molecule has 0 radical (unpaired) electrons. The monoisotopic (exact) mass is 310 g/mol. The summed E-state index contributed by atoms with van der Waals surface area (Å²) < 4.78 is 0. The SMILES string of the molecule is CC(C)(C)Nc1nc(N)c(C(=O)N2CCCCCCC2)s1. The van der Waals surface area contributed by atoms with Gasteiger partial charge in [-0.25, -0.2) is 4.98 Å². The number of thiazole rings is 1. The molecule has 2 rings (SSSR count). The van der Waals surface area contributed by atoms with Gasteiger partial charge in [-0.2, -0.15) is 0 Å². The van der Waals surface area contributed by atoms with Gasteiger partial charge in [0.1, 0.15) is 10.7 Å². The van der Waals surface area contributed by atoms with E-state index in [-0.39, 0.29) is 11.4 Å². The first-order chi connectivity index (χ1) is 9.87. The summed E-state index contributed by atoms with van der Waals surface area (Å²) in [6.07, 6.45) is 5.86. The zero-order chi connectivity index (χ0) is 15.5. The second-order valence-corrected chi connectivity index (χ2v) is 7.67. The van der Waals surface area contributed by atoms with E-state index in [0.717, 1.165) is 31.1 Å². The van der Waals surface area contributed by atoms with Crippen molar-refractivity contribution in [2.45, 2.75) is 58.4 Å². The highest BCUT2D eigenvalue weighted by atomic mass is 32.1. The highest BCUT2D eigenvalue weighted by Crippen LogP contribution is 2.29. The van der Waals surface area contributed by atoms with E-state index in [1.54, 1.807) is 0 Å². The van der Waals surface area contributed by atoms with E-state index in [1.165, 1.54) is 30.6 Å². The fourth-order valence-corrected chi connectivity index (χ4v) is 3.51. The van der Waals surface area contributed by atoms with Crippen molar-refractivity contribution in [1.29, 1.82) is 0 Å². The Morgan fingerprint density at radius 1 is 1.19 bits per heavy atom. The van der Waals surface area contributed by atoms with Crippen molar-refractivity contribution >= 4 is 28.2 Å². The molecule has 0 saturated carbocycles. The summed E-state index contributed by atoms with van der Waals surface area (Å²) in [6.45, 7) is 7.84. The number of likely N-dealkylation sites (tertiary alicyclic amines) is 1. The van der Waals surface area contributed by atoms with Crippen LogP contribution in [0.4, 0.5) is 10.9 Å². The number of nitrogens with zero attached hydrogens (tertiary/aromatic N) is 2. The van der Waals surface area contributed by atoms with Crippen molar-refractivity contribution in [1.82, 2.24) is 9.88 Å². The molecule has 2 heterocycles. The standard InChI is InChI=1S/C15H26N4OS/c1-15(2,3)18-14-17-12(16)11(21-14)13(20)19-9-7-5-4-6-8-10-19/h4-10,16H2,1-3H3,(H,17,18). The first kappa shape index (κ1) is 16.1. The minimum Gasteiger partial charge on any atom is -0.382 e. The fourth-order valence-electron chi connectivity index (χ4n) is 2.45. The number of nitrogen functional groups attached to an aromatic ring is 1. The van der Waals surface area contributed by atoms with Gasteiger partial charge in [-0.3, -0.25) is 4.79 Å². The number of nitrogens with two attached hydrogens (primary N) is 1. The van der Waals surface area contributed by atoms with Crippen LogP contribution < -0.4 is 11.1 Å². The smallest absolute Gasteiger partial charge is 0.267 e. The Morgan fingerprint density at radius 2 is 1.76 bits per heavy atom. The molecule has 1 amide bonds. The third kappa shape index (κ3) is 4.59. The molecule has 0 atom stereocenters. The first-order valence-electron chi connectivity index (χ1n) is 7.70. The molecule has 1 saturated heterocycles. The highest BCUT2D eigenvalue weighted by molar-refractivity contribution is 7.18. The number of aromatic nitrogens is 1. The van der Waals surface area contributed by atoms with E-state index in [0.29, 0.717) is 10.7 Å². The number of nitrogens with one attached hydrogen (secondary N) is 1. The molecule has 0 unspecified atom stereocenters.